The van der Waals surface area contributed by atoms with Crippen molar-refractivity contribution in [2.24, 2.45) is 0 Å². The van der Waals surface area contributed by atoms with Crippen molar-refractivity contribution < 1.29 is 18.3 Å². The van der Waals surface area contributed by atoms with Crippen molar-refractivity contribution >= 4 is 11.8 Å². The highest BCUT2D eigenvalue weighted by Gasteiger charge is 2.08. The van der Waals surface area contributed by atoms with Crippen LogP contribution in [0.5, 0.6) is 0 Å². The number of hydrogen-bond donors (Lipinski definition) is 1. The van der Waals surface area contributed by atoms with Gasteiger partial charge in [-0.25, -0.2) is 23.5 Å². The minimum absolute atomic E-state index is 0.0750. The third-order valence-electron chi connectivity index (χ3n) is 2.52. The van der Waals surface area contributed by atoms with Crippen LogP contribution in [0.4, 0.5) is 14.6 Å². The van der Waals surface area contributed by atoms with E-state index in [0.717, 1.165) is 6.07 Å². The van der Waals surface area contributed by atoms with Crippen LogP contribution in [-0.4, -0.2) is 23.0 Å². The van der Waals surface area contributed by atoms with E-state index in [-0.39, 0.29) is 12.2 Å². The molecule has 0 aliphatic rings. The molecular formula is C13H11F2N3O2. The van der Waals surface area contributed by atoms with E-state index in [9.17, 15) is 13.6 Å². The van der Waals surface area contributed by atoms with Crippen LogP contribution in [0.15, 0.2) is 30.6 Å². The zero-order valence-corrected chi connectivity index (χ0v) is 10.6. The fourth-order valence-electron chi connectivity index (χ4n) is 1.48. The summed E-state index contributed by atoms with van der Waals surface area (Å²) in [4.78, 5) is 18.9. The first-order valence-electron chi connectivity index (χ1n) is 5.68. The van der Waals surface area contributed by atoms with Crippen LogP contribution in [0, 0.1) is 11.6 Å². The van der Waals surface area contributed by atoms with Crippen molar-refractivity contribution in [2.45, 2.75) is 6.54 Å². The Balaban J connectivity index is 2.02. The molecule has 1 N–H and O–H groups in total. The molecule has 0 aliphatic heterocycles. The number of aromatic nitrogens is 2. The Morgan fingerprint density at radius 1 is 1.30 bits per heavy atom. The van der Waals surface area contributed by atoms with E-state index in [2.05, 4.69) is 20.0 Å². The van der Waals surface area contributed by atoms with E-state index in [1.807, 2.05) is 0 Å². The van der Waals surface area contributed by atoms with Crippen LogP contribution in [0.3, 0.4) is 0 Å². The van der Waals surface area contributed by atoms with Gasteiger partial charge < -0.3 is 10.1 Å². The molecule has 104 valence electrons. The summed E-state index contributed by atoms with van der Waals surface area (Å²) in [7, 11) is 1.24. The van der Waals surface area contributed by atoms with Crippen molar-refractivity contribution in [3.8, 4) is 0 Å². The first-order chi connectivity index (χ1) is 9.60. The Hall–Kier alpha value is -2.57. The highest BCUT2D eigenvalue weighted by atomic mass is 19.1. The summed E-state index contributed by atoms with van der Waals surface area (Å²) < 4.78 is 30.6. The van der Waals surface area contributed by atoms with E-state index < -0.39 is 17.6 Å². The van der Waals surface area contributed by atoms with E-state index in [4.69, 9.17) is 0 Å². The van der Waals surface area contributed by atoms with Gasteiger partial charge in [0.1, 0.15) is 17.5 Å². The predicted octanol–water partition coefficient (Wildman–Crippen LogP) is 2.15. The number of methoxy groups -OCH3 is 1. The summed E-state index contributed by atoms with van der Waals surface area (Å²) in [6, 6.07) is 3.32. The van der Waals surface area contributed by atoms with Gasteiger partial charge in [0.2, 0.25) is 0 Å². The molecule has 1 heterocycles. The molecule has 0 aliphatic carbocycles. The normalized spacial score (nSPS) is 10.2. The monoisotopic (exact) mass is 279 g/mol. The van der Waals surface area contributed by atoms with E-state index in [1.165, 1.54) is 31.6 Å². The maximum absolute atomic E-state index is 13.4. The Labute approximate surface area is 113 Å². The number of rotatable bonds is 4. The number of hydrogen-bond acceptors (Lipinski definition) is 5. The lowest BCUT2D eigenvalue weighted by Crippen LogP contribution is -2.08. The summed E-state index contributed by atoms with van der Waals surface area (Å²) in [6.07, 6.45) is 2.57. The second kappa shape index (κ2) is 6.05. The number of halogens is 2. The summed E-state index contributed by atoms with van der Waals surface area (Å²) in [5.74, 6) is -1.50. The molecule has 2 aromatic rings. The highest BCUT2D eigenvalue weighted by molar-refractivity contribution is 5.86. The van der Waals surface area contributed by atoms with Crippen molar-refractivity contribution in [1.29, 1.82) is 0 Å². The molecule has 7 heteroatoms. The third-order valence-corrected chi connectivity index (χ3v) is 2.52. The van der Waals surface area contributed by atoms with Gasteiger partial charge in [-0.15, -0.1) is 0 Å². The summed E-state index contributed by atoms with van der Waals surface area (Å²) in [6.45, 7) is 0.123. The maximum atomic E-state index is 13.4. The molecule has 0 amide bonds. The van der Waals surface area contributed by atoms with Gasteiger partial charge in [-0.2, -0.15) is 0 Å². The lowest BCUT2D eigenvalue weighted by molar-refractivity contribution is 0.0593. The Morgan fingerprint density at radius 3 is 2.70 bits per heavy atom. The Morgan fingerprint density at radius 2 is 2.10 bits per heavy atom. The zero-order valence-electron chi connectivity index (χ0n) is 10.6. The van der Waals surface area contributed by atoms with Crippen molar-refractivity contribution in [3.63, 3.8) is 0 Å². The first-order valence-corrected chi connectivity index (χ1v) is 5.68. The third kappa shape index (κ3) is 3.25. The van der Waals surface area contributed by atoms with Gasteiger partial charge in [0.05, 0.1) is 19.5 Å². The number of nitrogens with one attached hydrogen (secondary N) is 1. The lowest BCUT2D eigenvalue weighted by atomic mass is 10.2. The molecule has 0 spiro atoms. The minimum Gasteiger partial charge on any atom is -0.464 e. The molecule has 0 unspecified atom stereocenters. The van der Waals surface area contributed by atoms with Gasteiger partial charge >= 0.3 is 5.97 Å². The second-order valence-corrected chi connectivity index (χ2v) is 3.87. The number of carbonyl (C=O) groups is 1. The predicted molar refractivity (Wildman–Crippen MR) is 67.1 cm³/mol. The first kappa shape index (κ1) is 13.9. The number of esters is 1. The Kier molecular flexibility index (Phi) is 4.19. The van der Waals surface area contributed by atoms with Crippen LogP contribution >= 0.6 is 0 Å². The standard InChI is InChI=1S/C13H11F2N3O2/c1-20-13(19)11-6-18-12(7-16-11)17-5-8-2-3-9(14)4-10(8)15/h2-4,6-7H,5H2,1H3,(H,17,18). The van der Waals surface area contributed by atoms with Gasteiger partial charge in [0, 0.05) is 18.2 Å². The summed E-state index contributed by atoms with van der Waals surface area (Å²) in [5.41, 5.74) is 0.372. The van der Waals surface area contributed by atoms with E-state index in [0.29, 0.717) is 11.4 Å². The summed E-state index contributed by atoms with van der Waals surface area (Å²) in [5, 5.41) is 2.82. The lowest BCUT2D eigenvalue weighted by Gasteiger charge is -2.06. The number of carbonyl (C=O) groups excluding carboxylic acids is 1. The van der Waals surface area contributed by atoms with E-state index in [1.54, 1.807) is 0 Å². The zero-order chi connectivity index (χ0) is 14.5. The molecule has 0 bridgehead atoms. The molecule has 0 radical (unpaired) electrons. The van der Waals surface area contributed by atoms with Crippen molar-refractivity contribution in [3.05, 3.63) is 53.5 Å². The molecule has 0 fully saturated rings. The Bertz CT molecular complexity index is 618. The van der Waals surface area contributed by atoms with Gasteiger partial charge in [-0.05, 0) is 6.07 Å². The number of nitrogens with zero attached hydrogens (tertiary/aromatic N) is 2. The molecule has 1 aromatic carbocycles. The van der Waals surface area contributed by atoms with Crippen molar-refractivity contribution in [1.82, 2.24) is 9.97 Å². The smallest absolute Gasteiger partial charge is 0.358 e. The molecule has 20 heavy (non-hydrogen) atoms. The molecule has 5 nitrogen and oxygen atoms in total. The number of benzene rings is 1. The average Bonchev–Trinajstić information content (AvgIpc) is 2.46. The number of ether oxygens (including phenoxy) is 1. The van der Waals surface area contributed by atoms with Crippen LogP contribution in [0.25, 0.3) is 0 Å². The molecule has 1 aromatic heterocycles. The van der Waals surface area contributed by atoms with Crippen LogP contribution in [-0.2, 0) is 11.3 Å². The van der Waals surface area contributed by atoms with Crippen LogP contribution < -0.4 is 5.32 Å². The fraction of sp³-hybridized carbons (Fsp3) is 0.154. The molecular weight excluding hydrogens is 268 g/mol. The van der Waals surface area contributed by atoms with Crippen LogP contribution in [0.1, 0.15) is 16.1 Å². The topological polar surface area (TPSA) is 64.1 Å². The second-order valence-electron chi connectivity index (χ2n) is 3.87. The molecule has 0 saturated carbocycles. The molecule has 2 rings (SSSR count). The van der Waals surface area contributed by atoms with Crippen LogP contribution in [0.2, 0.25) is 0 Å². The highest BCUT2D eigenvalue weighted by Crippen LogP contribution is 2.11. The van der Waals surface area contributed by atoms with Crippen molar-refractivity contribution in [2.75, 3.05) is 12.4 Å². The minimum atomic E-state index is -0.642. The summed E-state index contributed by atoms with van der Waals surface area (Å²) >= 11 is 0. The molecule has 0 atom stereocenters. The van der Waals surface area contributed by atoms with E-state index >= 15 is 0 Å². The average molecular weight is 279 g/mol. The van der Waals surface area contributed by atoms with Gasteiger partial charge in [0.25, 0.3) is 0 Å². The largest absolute Gasteiger partial charge is 0.464 e. The fourth-order valence-corrected chi connectivity index (χ4v) is 1.48. The maximum Gasteiger partial charge on any atom is 0.358 e. The van der Waals surface area contributed by atoms with Gasteiger partial charge in [-0.1, -0.05) is 6.07 Å². The SMILES string of the molecule is COC(=O)c1cnc(NCc2ccc(F)cc2F)cn1. The van der Waals surface area contributed by atoms with Gasteiger partial charge in [-0.3, -0.25) is 0 Å². The number of anilines is 1. The van der Waals surface area contributed by atoms with Gasteiger partial charge in [0.15, 0.2) is 5.69 Å². The molecule has 0 saturated heterocycles. The quantitative estimate of drug-likeness (QED) is 0.869.